The Morgan fingerprint density at radius 3 is 1.16 bits per heavy atom. The smallest absolute Gasteiger partial charge is 0.410 e. The zero-order chi connectivity index (χ0) is 89.7. The summed E-state index contributed by atoms with van der Waals surface area (Å²) in [6, 6.07) is 26.6. The first-order valence-corrected chi connectivity index (χ1v) is 37.5. The Kier molecular flexibility index (Phi) is 28.9. The number of aromatic hydroxyl groups is 2. The third-order valence-electron chi connectivity index (χ3n) is 22.1. The number of aliphatic hydroxyl groups is 6. The number of carbonyl (C=O) groups is 12. The Bertz CT molecular complexity index is 4930. The molecule has 36 heteroatoms. The van der Waals surface area contributed by atoms with Crippen LogP contribution in [0.1, 0.15) is 107 Å². The van der Waals surface area contributed by atoms with Gasteiger partial charge in [-0.15, -0.1) is 0 Å². The monoisotopic (exact) mass is 1680 g/mol. The van der Waals surface area contributed by atoms with E-state index in [4.69, 9.17) is 48.1 Å². The third-order valence-corrected chi connectivity index (χ3v) is 22.6. The number of fused-ring (bicyclic) bond motifs is 6. The predicted octanol–water partition coefficient (Wildman–Crippen LogP) is 7.72. The van der Waals surface area contributed by atoms with E-state index in [1.54, 1.807) is 44.2 Å². The summed E-state index contributed by atoms with van der Waals surface area (Å²) in [5, 5.41) is 99.4. The van der Waals surface area contributed by atoms with Crippen LogP contribution in [0.2, 0.25) is 0 Å². The van der Waals surface area contributed by atoms with Gasteiger partial charge in [0.15, 0.2) is 28.5 Å². The lowest BCUT2D eigenvalue weighted by Crippen LogP contribution is -2.65. The molecule has 33 nitrogen and oxygen atoms in total. The number of nitrogen functional groups attached to an aromatic ring is 1. The summed E-state index contributed by atoms with van der Waals surface area (Å²) in [5.74, 6) is -20.5. The number of ketones is 4. The zero-order valence-electron chi connectivity index (χ0n) is 68.0. The van der Waals surface area contributed by atoms with Crippen molar-refractivity contribution in [2.75, 3.05) is 60.4 Å². The van der Waals surface area contributed by atoms with Crippen molar-refractivity contribution in [3.05, 3.63) is 188 Å². The highest BCUT2D eigenvalue weighted by Gasteiger charge is 2.66. The van der Waals surface area contributed by atoms with Crippen LogP contribution in [-0.2, 0) is 90.0 Å². The van der Waals surface area contributed by atoms with E-state index in [1.807, 2.05) is 74.5 Å². The highest BCUT2D eigenvalue weighted by Crippen LogP contribution is 2.56. The van der Waals surface area contributed by atoms with E-state index < -0.39 is 208 Å². The van der Waals surface area contributed by atoms with E-state index in [0.717, 1.165) is 33.1 Å². The van der Waals surface area contributed by atoms with Gasteiger partial charge in [0.05, 0.1) is 34.6 Å². The molecular formula is C83H98ClF2N9O24. The van der Waals surface area contributed by atoms with Crippen LogP contribution in [0.25, 0.3) is 11.5 Å². The van der Waals surface area contributed by atoms with Crippen molar-refractivity contribution in [3.8, 4) is 11.5 Å². The molecule has 11 rings (SSSR count). The van der Waals surface area contributed by atoms with Gasteiger partial charge in [-0.25, -0.2) is 28.0 Å². The van der Waals surface area contributed by atoms with Crippen molar-refractivity contribution in [2.45, 2.75) is 141 Å². The highest BCUT2D eigenvalue weighted by molar-refractivity contribution is 6.65. The number of anilines is 2. The minimum Gasteiger partial charge on any atom is -0.508 e. The third kappa shape index (κ3) is 18.1. The molecule has 2 saturated carbocycles. The number of carboxylic acids is 1. The Balaban J connectivity index is 0.000000238. The van der Waals surface area contributed by atoms with Crippen molar-refractivity contribution in [1.29, 1.82) is 0 Å². The number of phenolic OH excluding ortho intramolecular Hbond substituents is 2. The van der Waals surface area contributed by atoms with Gasteiger partial charge in [-0.05, 0) is 136 Å². The van der Waals surface area contributed by atoms with Crippen molar-refractivity contribution in [1.82, 2.24) is 24.5 Å². The fourth-order valence-electron chi connectivity index (χ4n) is 14.5. The first-order chi connectivity index (χ1) is 55.4. The number of aliphatic hydroxyl groups excluding tert-OH is 4. The number of carbonyl (C=O) groups excluding carboxylic acids is 11. The fourth-order valence-corrected chi connectivity index (χ4v) is 14.6. The Morgan fingerprint density at radius 2 is 0.840 bits per heavy atom. The summed E-state index contributed by atoms with van der Waals surface area (Å²) >= 11 is 5.44. The first kappa shape index (κ1) is 93.8. The van der Waals surface area contributed by atoms with Crippen LogP contribution >= 0.6 is 11.6 Å². The van der Waals surface area contributed by atoms with Crippen LogP contribution in [0.3, 0.4) is 0 Å². The maximum Gasteiger partial charge on any atom is 0.410 e. The lowest BCUT2D eigenvalue weighted by atomic mass is 9.57. The number of hydrogen-bond acceptors (Lipinski definition) is 26. The molecule has 6 aliphatic rings. The van der Waals surface area contributed by atoms with Gasteiger partial charge < -0.3 is 82.7 Å². The molecule has 5 aromatic carbocycles. The molecule has 0 radical (unpaired) electrons. The van der Waals surface area contributed by atoms with Crippen molar-refractivity contribution < 1.29 is 126 Å². The molecular weight excluding hydrogens is 1580 g/mol. The summed E-state index contributed by atoms with van der Waals surface area (Å²) in [5.41, 5.74) is 4.26. The number of carboxylic acid groups (broad SMARTS) is 1. The zero-order valence-corrected chi connectivity index (χ0v) is 68.7. The molecule has 16 N–H and O–H groups in total. The summed E-state index contributed by atoms with van der Waals surface area (Å²) in [6.45, 7) is 13.0. The van der Waals surface area contributed by atoms with Crippen molar-refractivity contribution in [3.63, 3.8) is 0 Å². The normalized spacial score (nSPS) is 21.0. The number of nitrogens with zero attached hydrogens (tertiary/aromatic N) is 5. The van der Waals surface area contributed by atoms with Gasteiger partial charge in [-0.2, -0.15) is 0 Å². The number of nitrogens with two attached hydrogens (primary N) is 3. The van der Waals surface area contributed by atoms with Gasteiger partial charge in [0, 0.05) is 67.4 Å². The summed E-state index contributed by atoms with van der Waals surface area (Å²) < 4.78 is 45.8. The molecule has 8 atom stereocenters. The SMILES string of the molecule is CC.CN(C(=O)OCc1ccccc1)C(C)(C)C(=O)Cl.CN(C(=O)OCc1ccccc1)C(C)(C)C(=O)O.CN(C)[C@@H]1C(=O)C(C(N)=O)=C(O)[C@@]2(O)C(=O)C3=C(O)c4c(O)c(N)cc(F)c4C[C@H]3C[C@@H]12.CN(C)[C@@H]1C(=O)C(C(N)=O)=C(O)[C@@]2(O)C(=O)C3=C(O)c4c(O)c(NC(=O)C(C)(C)N(C)C(=O)OCc5ccccc5)cc(F)c4C[C@H]3C[C@@H]12. The molecule has 0 aromatic heterocycles. The van der Waals surface area contributed by atoms with Crippen LogP contribution < -0.4 is 22.5 Å². The largest absolute Gasteiger partial charge is 0.508 e. The predicted molar refractivity (Wildman–Crippen MR) is 427 cm³/mol. The molecule has 119 heavy (non-hydrogen) atoms. The van der Waals surface area contributed by atoms with Crippen LogP contribution in [0.4, 0.5) is 34.5 Å². The van der Waals surface area contributed by atoms with Crippen molar-refractivity contribution in [2.24, 2.45) is 35.1 Å². The van der Waals surface area contributed by atoms with E-state index in [0.29, 0.717) is 5.56 Å². The van der Waals surface area contributed by atoms with Crippen LogP contribution in [0, 0.1) is 35.3 Å². The highest BCUT2D eigenvalue weighted by atomic mass is 35.5. The average molecular weight is 1680 g/mol. The second-order valence-corrected chi connectivity index (χ2v) is 31.0. The van der Waals surface area contributed by atoms with Gasteiger partial charge in [0.2, 0.25) is 22.7 Å². The fraction of sp³-hybridized carbons (Fsp3) is 0.398. The van der Waals surface area contributed by atoms with E-state index in [2.05, 4.69) is 5.32 Å². The molecule has 0 heterocycles. The maximum atomic E-state index is 15.7. The van der Waals surface area contributed by atoms with Gasteiger partial charge in [0.25, 0.3) is 11.8 Å². The number of primary amides is 2. The molecule has 6 amide bonds. The minimum absolute atomic E-state index is 0.0639. The van der Waals surface area contributed by atoms with E-state index in [1.165, 1.54) is 91.7 Å². The van der Waals surface area contributed by atoms with Gasteiger partial charge >= 0.3 is 24.2 Å². The Morgan fingerprint density at radius 1 is 0.521 bits per heavy atom. The number of likely N-dealkylation sites (N-methyl/N-ethyl adjacent to an activating group) is 5. The van der Waals surface area contributed by atoms with Crippen LogP contribution in [0.15, 0.2) is 137 Å². The molecule has 0 saturated heterocycles. The lowest BCUT2D eigenvalue weighted by molar-refractivity contribution is -0.155. The average Bonchev–Trinajstić information content (AvgIpc) is 0.702. The molecule has 5 aromatic rings. The first-order valence-electron chi connectivity index (χ1n) is 37.1. The number of ether oxygens (including phenoxy) is 3. The number of amides is 6. The molecule has 0 bridgehead atoms. The van der Waals surface area contributed by atoms with E-state index in [-0.39, 0.29) is 73.5 Å². The number of hydrogen-bond donors (Lipinski definition) is 13. The second-order valence-electron chi connectivity index (χ2n) is 30.7. The minimum atomic E-state index is -2.87. The Labute approximate surface area is 688 Å². The number of rotatable bonds is 17. The summed E-state index contributed by atoms with van der Waals surface area (Å²) in [7, 11) is 10.1. The summed E-state index contributed by atoms with van der Waals surface area (Å²) in [6.07, 6.45) is -2.83. The number of Topliss-reactive ketones (excluding diaryl/α,β-unsaturated/α-hetero) is 4. The molecule has 6 aliphatic carbocycles. The molecule has 640 valence electrons. The lowest BCUT2D eigenvalue weighted by Gasteiger charge is -2.50. The van der Waals surface area contributed by atoms with Crippen molar-refractivity contribution >= 4 is 105 Å². The van der Waals surface area contributed by atoms with Gasteiger partial charge in [0.1, 0.15) is 88.0 Å². The molecule has 2 fully saturated rings. The second kappa shape index (κ2) is 36.7. The molecule has 0 spiro atoms. The maximum absolute atomic E-state index is 15.7. The molecule has 0 aliphatic heterocycles. The Hall–Kier alpha value is -12.3. The summed E-state index contributed by atoms with van der Waals surface area (Å²) in [4.78, 5) is 156. The van der Waals surface area contributed by atoms with Crippen LogP contribution in [-0.4, -0.2) is 230 Å². The number of benzene rings is 5. The number of aliphatic carboxylic acids is 1. The van der Waals surface area contributed by atoms with E-state index in [9.17, 15) is 103 Å². The number of phenols is 2. The molecule has 0 unspecified atom stereocenters. The van der Waals surface area contributed by atoms with Gasteiger partial charge in [-0.1, -0.05) is 105 Å². The standard InChI is InChI=1S/C34H37FN4O10.C21H22FN3O7.C13H16ClNO3.C13H17NO4.C2H6/c1-33(2,39(5)32(47)49-14-15-9-7-6-8-10-15)31(46)37-20-13-19(35)17-11-16-12-18-24(38(3)4)27(42)23(30(36)45)29(44)34(18,48)28(43)21(16)26(41)22(17)25(20)40;1-25(2)14-8-4-6-3-7-9(22)5-10(23)15(26)12(7)16(27)11(6)18(29)21(8,32)19(30)13(17(14)28)20(24)31;1-13(2,11(14)16)15(3)12(17)18-9-10-7-5-4-6-8-10;1-13(2,11(15)16)14(3)12(17)18-9-10-7-5-4-6-8-10;1-2/h6-10,13,16,18,24,40-41,44,48H,11-12,14H2,1-5H3,(H2,36,45)(H,37,46);5-6,8,14,26-27,30,32H,3-4,23H2,1-2H3,(H2,24,31);4-8H,9H2,1-3H3;4-8H,9H2,1-3H3,(H,15,16);1-2H3/t16-,18-,24-,34-;6-,8-,14-,21-;;;/m00.../s1. The van der Waals surface area contributed by atoms with Gasteiger partial charge in [-0.3, -0.25) is 62.9 Å². The quantitative estimate of drug-likeness (QED) is 0.0139. The topological polar surface area (TPSA) is 521 Å². The van der Waals surface area contributed by atoms with E-state index >= 15 is 4.39 Å². The van der Waals surface area contributed by atoms with Crippen LogP contribution in [0.5, 0.6) is 11.5 Å². The number of halogens is 3. The number of nitrogens with one attached hydrogen (secondary N) is 1.